The van der Waals surface area contributed by atoms with Crippen LogP contribution < -0.4 is 11.1 Å². The molecule has 1 aliphatic rings. The first kappa shape index (κ1) is 14.4. The van der Waals surface area contributed by atoms with E-state index >= 15 is 0 Å². The number of nitrogens with one attached hydrogen (secondary N) is 1. The molecule has 1 rings (SSSR count). The Morgan fingerprint density at radius 2 is 2.11 bits per heavy atom. The van der Waals surface area contributed by atoms with E-state index in [1.54, 1.807) is 0 Å². The van der Waals surface area contributed by atoms with Crippen LogP contribution in [-0.4, -0.2) is 64.7 Å². The number of carboxylic acids is 1. The molecule has 1 heterocycles. The molecule has 18 heavy (non-hydrogen) atoms. The third-order valence-corrected chi connectivity index (χ3v) is 2.85. The molecule has 8 heteroatoms. The van der Waals surface area contributed by atoms with Crippen LogP contribution in [0.2, 0.25) is 0 Å². The van der Waals surface area contributed by atoms with Gasteiger partial charge in [0.25, 0.3) is 0 Å². The fourth-order valence-corrected chi connectivity index (χ4v) is 1.91. The Balaban J connectivity index is 2.65. The summed E-state index contributed by atoms with van der Waals surface area (Å²) in [5, 5.41) is 19.7. The predicted octanol–water partition coefficient (Wildman–Crippen LogP) is -2.50. The smallest absolute Gasteiger partial charge is 0.328 e. The molecule has 8 nitrogen and oxygen atoms in total. The molecule has 0 aliphatic carbocycles. The van der Waals surface area contributed by atoms with Crippen molar-refractivity contribution in [2.24, 2.45) is 5.73 Å². The summed E-state index contributed by atoms with van der Waals surface area (Å²) >= 11 is 0. The monoisotopic (exact) mass is 259 g/mol. The Morgan fingerprint density at radius 3 is 2.61 bits per heavy atom. The summed E-state index contributed by atoms with van der Waals surface area (Å²) in [5.41, 5.74) is 5.23. The summed E-state index contributed by atoms with van der Waals surface area (Å²) in [6.07, 6.45) is 1.13. The highest BCUT2D eigenvalue weighted by atomic mass is 16.4. The maximum Gasteiger partial charge on any atom is 0.328 e. The predicted molar refractivity (Wildman–Crippen MR) is 60.4 cm³/mol. The van der Waals surface area contributed by atoms with Crippen LogP contribution in [0.5, 0.6) is 0 Å². The van der Waals surface area contributed by atoms with Gasteiger partial charge in [-0.1, -0.05) is 0 Å². The Hall–Kier alpha value is -1.67. The number of aliphatic carboxylic acids is 1. The van der Waals surface area contributed by atoms with Crippen LogP contribution in [0.1, 0.15) is 12.8 Å². The molecule has 0 aromatic carbocycles. The Labute approximate surface area is 104 Å². The second-order valence-electron chi connectivity index (χ2n) is 4.03. The summed E-state index contributed by atoms with van der Waals surface area (Å²) in [6, 6.07) is -2.05. The van der Waals surface area contributed by atoms with Gasteiger partial charge in [-0.2, -0.15) is 0 Å². The molecule has 102 valence electrons. The van der Waals surface area contributed by atoms with E-state index in [9.17, 15) is 14.4 Å². The van der Waals surface area contributed by atoms with Crippen molar-refractivity contribution >= 4 is 17.8 Å². The van der Waals surface area contributed by atoms with Gasteiger partial charge in [0.15, 0.2) is 0 Å². The SMILES string of the molecule is NCC(=O)N1CCC[C@H]1C(=O)NC(CO)C(=O)O. The minimum absolute atomic E-state index is 0.188. The number of aliphatic hydroxyl groups excluding tert-OH is 1. The second-order valence-corrected chi connectivity index (χ2v) is 4.03. The Morgan fingerprint density at radius 1 is 1.44 bits per heavy atom. The lowest BCUT2D eigenvalue weighted by Gasteiger charge is -2.24. The lowest BCUT2D eigenvalue weighted by atomic mass is 10.2. The summed E-state index contributed by atoms with van der Waals surface area (Å²) in [5.74, 6) is -2.24. The topological polar surface area (TPSA) is 133 Å². The van der Waals surface area contributed by atoms with Gasteiger partial charge in [0.1, 0.15) is 12.1 Å². The van der Waals surface area contributed by atoms with Crippen molar-refractivity contribution in [2.45, 2.75) is 24.9 Å². The van der Waals surface area contributed by atoms with Crippen LogP contribution in [-0.2, 0) is 14.4 Å². The average Bonchev–Trinajstić information content (AvgIpc) is 2.83. The Bertz CT molecular complexity index is 346. The number of nitrogens with zero attached hydrogens (tertiary/aromatic N) is 1. The van der Waals surface area contributed by atoms with Crippen LogP contribution >= 0.6 is 0 Å². The number of likely N-dealkylation sites (tertiary alicyclic amines) is 1. The number of aliphatic hydroxyl groups is 1. The van der Waals surface area contributed by atoms with Gasteiger partial charge in [0.05, 0.1) is 13.2 Å². The highest BCUT2D eigenvalue weighted by Gasteiger charge is 2.35. The van der Waals surface area contributed by atoms with Gasteiger partial charge >= 0.3 is 5.97 Å². The minimum atomic E-state index is -1.35. The molecular weight excluding hydrogens is 242 g/mol. The van der Waals surface area contributed by atoms with Crippen molar-refractivity contribution in [3.8, 4) is 0 Å². The zero-order valence-electron chi connectivity index (χ0n) is 9.83. The van der Waals surface area contributed by atoms with Gasteiger partial charge in [-0.3, -0.25) is 9.59 Å². The van der Waals surface area contributed by atoms with E-state index in [1.165, 1.54) is 4.90 Å². The van der Waals surface area contributed by atoms with Crippen molar-refractivity contribution in [3.05, 3.63) is 0 Å². The number of amides is 2. The first-order valence-electron chi connectivity index (χ1n) is 5.64. The average molecular weight is 259 g/mol. The van der Waals surface area contributed by atoms with Gasteiger partial charge in [0.2, 0.25) is 11.8 Å². The number of rotatable bonds is 5. The minimum Gasteiger partial charge on any atom is -0.480 e. The second kappa shape index (κ2) is 6.31. The zero-order chi connectivity index (χ0) is 13.7. The van der Waals surface area contributed by atoms with E-state index < -0.39 is 30.6 Å². The maximum atomic E-state index is 11.8. The van der Waals surface area contributed by atoms with E-state index in [1.807, 2.05) is 0 Å². The van der Waals surface area contributed by atoms with Crippen LogP contribution in [0, 0.1) is 0 Å². The molecule has 2 amide bonds. The number of hydrogen-bond donors (Lipinski definition) is 4. The summed E-state index contributed by atoms with van der Waals surface area (Å²) in [7, 11) is 0. The molecular formula is C10H17N3O5. The van der Waals surface area contributed by atoms with Gasteiger partial charge in [-0.25, -0.2) is 4.79 Å². The largest absolute Gasteiger partial charge is 0.480 e. The molecule has 0 radical (unpaired) electrons. The third kappa shape index (κ3) is 3.17. The van der Waals surface area contributed by atoms with E-state index in [2.05, 4.69) is 5.32 Å². The third-order valence-electron chi connectivity index (χ3n) is 2.85. The van der Waals surface area contributed by atoms with Crippen LogP contribution in [0.4, 0.5) is 0 Å². The molecule has 1 fully saturated rings. The van der Waals surface area contributed by atoms with Gasteiger partial charge in [-0.05, 0) is 12.8 Å². The van der Waals surface area contributed by atoms with E-state index in [0.29, 0.717) is 19.4 Å². The number of carbonyl (C=O) groups excluding carboxylic acids is 2. The lowest BCUT2D eigenvalue weighted by Crippen LogP contribution is -2.52. The van der Waals surface area contributed by atoms with Crippen LogP contribution in [0.25, 0.3) is 0 Å². The summed E-state index contributed by atoms with van der Waals surface area (Å²) in [6.45, 7) is -0.449. The summed E-state index contributed by atoms with van der Waals surface area (Å²) in [4.78, 5) is 35.3. The lowest BCUT2D eigenvalue weighted by molar-refractivity contribution is -0.144. The van der Waals surface area contributed by atoms with Gasteiger partial charge in [0, 0.05) is 6.54 Å². The number of carbonyl (C=O) groups is 3. The molecule has 0 aromatic heterocycles. The van der Waals surface area contributed by atoms with Gasteiger partial charge in [-0.15, -0.1) is 0 Å². The van der Waals surface area contributed by atoms with Crippen LogP contribution in [0.15, 0.2) is 0 Å². The fourth-order valence-electron chi connectivity index (χ4n) is 1.91. The van der Waals surface area contributed by atoms with Crippen molar-refractivity contribution in [1.29, 1.82) is 0 Å². The Kier molecular flexibility index (Phi) is 5.05. The highest BCUT2D eigenvalue weighted by molar-refractivity contribution is 5.91. The normalized spacial score (nSPS) is 20.6. The standard InChI is InChI=1S/C10H17N3O5/c11-4-8(15)13-3-1-2-7(13)9(16)12-6(5-14)10(17)18/h6-7,14H,1-5,11H2,(H,12,16)(H,17,18)/t6?,7-/m0/s1. The van der Waals surface area contributed by atoms with E-state index in [4.69, 9.17) is 15.9 Å². The van der Waals surface area contributed by atoms with Gasteiger partial charge < -0.3 is 26.2 Å². The van der Waals surface area contributed by atoms with Crippen molar-refractivity contribution in [3.63, 3.8) is 0 Å². The molecule has 0 aromatic rings. The highest BCUT2D eigenvalue weighted by Crippen LogP contribution is 2.17. The van der Waals surface area contributed by atoms with Crippen molar-refractivity contribution in [2.75, 3.05) is 19.7 Å². The zero-order valence-corrected chi connectivity index (χ0v) is 9.83. The molecule has 2 atom stereocenters. The number of nitrogens with two attached hydrogens (primary N) is 1. The molecule has 5 N–H and O–H groups in total. The quantitative estimate of drug-likeness (QED) is 0.431. The number of hydrogen-bond acceptors (Lipinski definition) is 5. The molecule has 0 saturated carbocycles. The van der Waals surface area contributed by atoms with E-state index in [-0.39, 0.29) is 12.5 Å². The first-order valence-corrected chi connectivity index (χ1v) is 5.64. The van der Waals surface area contributed by atoms with Crippen LogP contribution in [0.3, 0.4) is 0 Å². The maximum absolute atomic E-state index is 11.8. The molecule has 1 aliphatic heterocycles. The molecule has 1 unspecified atom stereocenters. The summed E-state index contributed by atoms with van der Waals surface area (Å²) < 4.78 is 0. The molecule has 0 spiro atoms. The first-order chi connectivity index (χ1) is 8.51. The molecule has 0 bridgehead atoms. The fraction of sp³-hybridized carbons (Fsp3) is 0.700. The van der Waals surface area contributed by atoms with E-state index in [0.717, 1.165) is 0 Å². The van der Waals surface area contributed by atoms with Crippen molar-refractivity contribution in [1.82, 2.24) is 10.2 Å². The molecule has 1 saturated heterocycles. The van der Waals surface area contributed by atoms with Crippen molar-refractivity contribution < 1.29 is 24.6 Å². The number of carboxylic acid groups (broad SMARTS) is 1.